The van der Waals surface area contributed by atoms with E-state index in [1.54, 1.807) is 83.1 Å². The van der Waals surface area contributed by atoms with Crippen molar-refractivity contribution in [3.63, 3.8) is 0 Å². The fraction of sp³-hybridized carbons (Fsp3) is 1.00. The average Bonchev–Trinajstić information content (AvgIpc) is 2.75. The van der Waals surface area contributed by atoms with Crippen LogP contribution in [0.1, 0.15) is 83.1 Å². The number of rotatable bonds is 0. The summed E-state index contributed by atoms with van der Waals surface area (Å²) in [5.41, 5.74) is 0. The molecule has 0 bridgehead atoms. The minimum absolute atomic E-state index is 0. The van der Waals surface area contributed by atoms with Gasteiger partial charge in [-0.3, -0.25) is 0 Å². The van der Waals surface area contributed by atoms with Crippen LogP contribution in [-0.4, -0.2) is 79.3 Å². The zero-order chi connectivity index (χ0) is 32.5. The van der Waals surface area contributed by atoms with Gasteiger partial charge in [0, 0.05) is 37.1 Å². The Balaban J connectivity index is -0.00000000544. The average molecular weight is 958 g/mol. The standard InChI is InChI=1S/12C2H5O.7O.6V/c12*1-2-3;;;;;;;;;;;;;/h12*2H2,1H3;;;;;;;;;;;;;/q12*-1;7*-2;;;4*+4. The van der Waals surface area contributed by atoms with Gasteiger partial charge in [-0.05, 0) is 0 Å². The third-order valence-electron chi connectivity index (χ3n) is 0. The van der Waals surface area contributed by atoms with Crippen molar-refractivity contribution in [3.05, 3.63) is 0 Å². The van der Waals surface area contributed by atoms with Crippen LogP contribution >= 0.6 is 0 Å². The summed E-state index contributed by atoms with van der Waals surface area (Å²) >= 11 is 0. The monoisotopic (exact) mass is 958 g/mol. The molecule has 0 aliphatic rings. The van der Waals surface area contributed by atoms with Crippen LogP contribution in [0.4, 0.5) is 0 Å². The SMILES string of the molecule is CC[O-].CC[O-].CC[O-].CC[O-].CC[O-].CC[O-].CC[O-].CC[O-].CC[O-].CC[O-].CC[O-].CC[O-].[O-2].[O-2].[O-2].[O-2].[O-2].[O-2].[O-2].[V+4].[V+4].[V+4].[V+4].[V].[V]. The van der Waals surface area contributed by atoms with E-state index in [-0.39, 0.29) is 229 Å². The van der Waals surface area contributed by atoms with Gasteiger partial charge in [0.15, 0.2) is 0 Å². The van der Waals surface area contributed by atoms with Crippen molar-refractivity contribution < 1.29 is 211 Å². The molecule has 0 amide bonds. The Kier molecular flexibility index (Phi) is 2200. The van der Waals surface area contributed by atoms with Crippen LogP contribution in [0.2, 0.25) is 0 Å². The molecule has 0 aromatic carbocycles. The van der Waals surface area contributed by atoms with E-state index in [0.717, 1.165) is 0 Å². The first-order valence-electron chi connectivity index (χ1n) is 11.9. The Morgan fingerprint density at radius 1 is 0.184 bits per heavy atom. The molecule has 0 saturated carbocycles. The minimum atomic E-state index is 0. The molecule has 0 saturated heterocycles. The minimum Gasteiger partial charge on any atom is -2.00 e. The van der Waals surface area contributed by atoms with Crippen LogP contribution < -0.4 is 61.3 Å². The van der Waals surface area contributed by atoms with E-state index in [1.165, 1.54) is 0 Å². The van der Waals surface area contributed by atoms with Crippen LogP contribution in [0.3, 0.4) is 0 Å². The molecule has 0 unspecified atom stereocenters. The predicted octanol–water partition coefficient (Wildman–Crippen LogP) is -8.45. The Hall–Kier alpha value is 2.75. The molecule has 0 heterocycles. The second kappa shape index (κ2) is 578. The molecule has 0 aromatic heterocycles. The molecular weight excluding hydrogens is 898 g/mol. The molecule has 19 nitrogen and oxygen atoms in total. The molecule has 0 aliphatic carbocycles. The van der Waals surface area contributed by atoms with E-state index >= 15 is 0 Å². The summed E-state index contributed by atoms with van der Waals surface area (Å²) in [7, 11) is 0. The van der Waals surface area contributed by atoms with E-state index in [9.17, 15) is 0 Å². The van der Waals surface area contributed by atoms with Gasteiger partial charge < -0.3 is 99.6 Å². The second-order valence-corrected chi connectivity index (χ2v) is 3.46. The van der Waals surface area contributed by atoms with Crippen molar-refractivity contribution >= 4 is 0 Å². The normalized spacial score (nSPS) is 4.41. The van der Waals surface area contributed by atoms with Gasteiger partial charge in [-0.25, -0.2) is 0 Å². The van der Waals surface area contributed by atoms with Crippen molar-refractivity contribution in [1.29, 1.82) is 0 Å². The second-order valence-electron chi connectivity index (χ2n) is 3.46. The quantitative estimate of drug-likeness (QED) is 0.219. The summed E-state index contributed by atoms with van der Waals surface area (Å²) < 4.78 is 0. The van der Waals surface area contributed by atoms with Crippen LogP contribution in [0.25, 0.3) is 0 Å². The van der Waals surface area contributed by atoms with Gasteiger partial charge in [0.1, 0.15) is 0 Å². The molecule has 0 spiro atoms. The van der Waals surface area contributed by atoms with Crippen LogP contribution in [0, 0.1) is 0 Å². The summed E-state index contributed by atoms with van der Waals surface area (Å²) in [5.74, 6) is 0. The number of hydrogen-bond donors (Lipinski definition) is 0. The molecule has 0 fully saturated rings. The van der Waals surface area contributed by atoms with Crippen molar-refractivity contribution in [1.82, 2.24) is 0 Å². The predicted molar refractivity (Wildman–Crippen MR) is 131 cm³/mol. The maximum absolute atomic E-state index is 8.93. The van der Waals surface area contributed by atoms with Gasteiger partial charge in [0.25, 0.3) is 0 Å². The van der Waals surface area contributed by atoms with Crippen molar-refractivity contribution in [3.8, 4) is 0 Å². The Labute approximate surface area is 370 Å². The van der Waals surface area contributed by atoms with Gasteiger partial charge in [-0.1, -0.05) is 83.1 Å². The molecule has 310 valence electrons. The third kappa shape index (κ3) is 16000. The van der Waals surface area contributed by atoms with E-state index in [4.69, 9.17) is 61.3 Å². The van der Waals surface area contributed by atoms with Gasteiger partial charge >= 0.3 is 74.2 Å². The molecule has 0 aromatic rings. The Bertz CT molecular complexity index is 112. The summed E-state index contributed by atoms with van der Waals surface area (Å²) in [6.45, 7) is 18.8. The van der Waals surface area contributed by atoms with Crippen molar-refractivity contribution in [2.45, 2.75) is 83.1 Å². The summed E-state index contributed by atoms with van der Waals surface area (Å²) in [4.78, 5) is 0. The fourth-order valence-electron chi connectivity index (χ4n) is 0. The summed E-state index contributed by atoms with van der Waals surface area (Å²) in [6, 6.07) is 0. The van der Waals surface area contributed by atoms with Crippen molar-refractivity contribution in [2.75, 3.05) is 79.3 Å². The first-order chi connectivity index (χ1) is 17.0. The van der Waals surface area contributed by atoms with Crippen LogP contribution in [0.15, 0.2) is 0 Å². The molecule has 0 atom stereocenters. The first-order valence-corrected chi connectivity index (χ1v) is 11.9. The van der Waals surface area contributed by atoms with E-state index in [0.29, 0.717) is 0 Å². The molecule has 0 aliphatic heterocycles. The third-order valence-corrected chi connectivity index (χ3v) is 0. The van der Waals surface area contributed by atoms with Gasteiger partial charge in [0.2, 0.25) is 0 Å². The van der Waals surface area contributed by atoms with Crippen LogP contribution in [-0.2, 0) is 150 Å². The van der Waals surface area contributed by atoms with Crippen molar-refractivity contribution in [2.24, 2.45) is 0 Å². The zero-order valence-corrected chi connectivity index (χ0v) is 39.3. The topological polar surface area (TPSA) is 476 Å². The van der Waals surface area contributed by atoms with Gasteiger partial charge in [-0.2, -0.15) is 0 Å². The Morgan fingerprint density at radius 2 is 0.184 bits per heavy atom. The molecule has 49 heavy (non-hydrogen) atoms. The first kappa shape index (κ1) is 186. The molecule has 25 heteroatoms. The maximum Gasteiger partial charge on any atom is 4.00 e. The molecule has 6 radical (unpaired) electrons. The van der Waals surface area contributed by atoms with Gasteiger partial charge in [0.05, 0.1) is 0 Å². The fourth-order valence-corrected chi connectivity index (χ4v) is 0. The molecular formula is C24H60O19V6-10. The molecule has 0 N–H and O–H groups in total. The largest absolute Gasteiger partial charge is 4.00 e. The van der Waals surface area contributed by atoms with E-state index < -0.39 is 0 Å². The smallest absolute Gasteiger partial charge is 2.00 e. The van der Waals surface area contributed by atoms with Gasteiger partial charge in [-0.15, -0.1) is 79.3 Å². The summed E-state index contributed by atoms with van der Waals surface area (Å²) in [5, 5.41) is 107. The van der Waals surface area contributed by atoms with E-state index in [2.05, 4.69) is 0 Å². The maximum atomic E-state index is 8.93. The van der Waals surface area contributed by atoms with Crippen LogP contribution in [0.5, 0.6) is 0 Å². The molecule has 0 rings (SSSR count). The number of hydrogen-bond acceptors (Lipinski definition) is 12. The van der Waals surface area contributed by atoms with E-state index in [1.807, 2.05) is 0 Å². The zero-order valence-electron chi connectivity index (χ0n) is 30.9. The summed E-state index contributed by atoms with van der Waals surface area (Å²) in [6.07, 6.45) is 0. The Morgan fingerprint density at radius 3 is 0.184 bits per heavy atom.